The number of hydrogen-bond donors (Lipinski definition) is 1. The molecule has 4 aromatic rings. The number of nitrogens with one attached hydrogen (secondary N) is 1. The number of carbonyl (C=O) groups excluding carboxylic acids is 2. The first kappa shape index (κ1) is 21.9. The Labute approximate surface area is 201 Å². The van der Waals surface area contributed by atoms with E-state index in [1.165, 1.54) is 16.9 Å². The number of rotatable bonds is 5. The number of benzene rings is 1. The molecule has 170 valence electrons. The third-order valence-electron chi connectivity index (χ3n) is 6.27. The number of amides is 2. The largest absolute Gasteiger partial charge is 0.348 e. The van der Waals surface area contributed by atoms with E-state index in [1.807, 2.05) is 58.1 Å². The molecule has 0 bridgehead atoms. The van der Waals surface area contributed by atoms with E-state index in [-0.39, 0.29) is 11.8 Å². The number of thiophene rings is 1. The van der Waals surface area contributed by atoms with E-state index >= 15 is 0 Å². The van der Waals surface area contributed by atoms with Crippen molar-refractivity contribution in [2.75, 3.05) is 13.1 Å². The molecule has 2 amide bonds. The molecule has 5 rings (SSSR count). The number of piperidine rings is 1. The smallest absolute Gasteiger partial charge is 0.263 e. The Bertz CT molecular complexity index is 1370. The Hall–Kier alpha value is -3.96. The molecule has 34 heavy (non-hydrogen) atoms. The highest BCUT2D eigenvalue weighted by Crippen LogP contribution is 2.29. The second-order valence-corrected chi connectivity index (χ2v) is 9.46. The van der Waals surface area contributed by atoms with Gasteiger partial charge < -0.3 is 14.6 Å². The van der Waals surface area contributed by atoms with Gasteiger partial charge in [0.25, 0.3) is 11.8 Å². The molecule has 1 N–H and O–H groups in total. The molecule has 4 heterocycles. The molecule has 7 nitrogen and oxygen atoms in total. The van der Waals surface area contributed by atoms with Gasteiger partial charge in [0.1, 0.15) is 16.6 Å². The number of pyridine rings is 1. The van der Waals surface area contributed by atoms with Gasteiger partial charge in [0.15, 0.2) is 0 Å². The summed E-state index contributed by atoms with van der Waals surface area (Å²) in [6, 6.07) is 17.2. The first-order valence-electron chi connectivity index (χ1n) is 11.2. The average Bonchev–Trinajstić information content (AvgIpc) is 3.56. The minimum absolute atomic E-state index is 0.00358. The molecular weight excluding hydrogens is 446 g/mol. The monoisotopic (exact) mass is 469 g/mol. The Morgan fingerprint density at radius 3 is 2.62 bits per heavy atom. The first-order valence-corrected chi connectivity index (χ1v) is 12.0. The molecule has 1 aliphatic rings. The van der Waals surface area contributed by atoms with E-state index in [0.29, 0.717) is 40.9 Å². The fourth-order valence-corrected chi connectivity index (χ4v) is 5.11. The molecule has 8 heteroatoms. The summed E-state index contributed by atoms with van der Waals surface area (Å²) in [6.45, 7) is 1.81. The van der Waals surface area contributed by atoms with Gasteiger partial charge >= 0.3 is 0 Å². The van der Waals surface area contributed by atoms with Crippen LogP contribution in [0.1, 0.15) is 54.8 Å². The summed E-state index contributed by atoms with van der Waals surface area (Å²) in [5.74, 6) is 0.257. The van der Waals surface area contributed by atoms with E-state index in [9.17, 15) is 9.59 Å². The summed E-state index contributed by atoms with van der Waals surface area (Å²) in [7, 11) is 0. The van der Waals surface area contributed by atoms with Crippen LogP contribution in [-0.4, -0.2) is 39.2 Å². The molecule has 1 aromatic carbocycles. The lowest BCUT2D eigenvalue weighted by atomic mass is 9.89. The number of fused-ring (bicyclic) bond motifs is 1. The zero-order valence-corrected chi connectivity index (χ0v) is 19.3. The fraction of sp³-hybridized carbons (Fsp3) is 0.231. The quantitative estimate of drug-likeness (QED) is 0.474. The van der Waals surface area contributed by atoms with Crippen LogP contribution >= 0.6 is 11.3 Å². The van der Waals surface area contributed by atoms with Gasteiger partial charge in [-0.25, -0.2) is 4.98 Å². The van der Waals surface area contributed by atoms with Crippen molar-refractivity contribution in [3.63, 3.8) is 0 Å². The van der Waals surface area contributed by atoms with Gasteiger partial charge in [0.2, 0.25) is 0 Å². The van der Waals surface area contributed by atoms with Crippen molar-refractivity contribution >= 4 is 28.8 Å². The van der Waals surface area contributed by atoms with Gasteiger partial charge in [-0.05, 0) is 66.3 Å². The highest BCUT2D eigenvalue weighted by Gasteiger charge is 2.25. The molecular formula is C26H23N5O2S. The van der Waals surface area contributed by atoms with Gasteiger partial charge in [-0.15, -0.1) is 11.3 Å². The Morgan fingerprint density at radius 1 is 1.09 bits per heavy atom. The maximum absolute atomic E-state index is 12.7. The van der Waals surface area contributed by atoms with Gasteiger partial charge in [-0.3, -0.25) is 9.59 Å². The van der Waals surface area contributed by atoms with Crippen LogP contribution in [0.2, 0.25) is 0 Å². The van der Waals surface area contributed by atoms with Crippen LogP contribution in [0.15, 0.2) is 67.1 Å². The van der Waals surface area contributed by atoms with E-state index in [1.54, 1.807) is 18.3 Å². The molecule has 0 aliphatic carbocycles. The predicted molar refractivity (Wildman–Crippen MR) is 130 cm³/mol. The number of imidazole rings is 1. The van der Waals surface area contributed by atoms with Crippen molar-refractivity contribution in [3.8, 4) is 6.07 Å². The van der Waals surface area contributed by atoms with Gasteiger partial charge in [0, 0.05) is 43.8 Å². The van der Waals surface area contributed by atoms with Crippen molar-refractivity contribution in [1.29, 1.82) is 5.26 Å². The Kier molecular flexibility index (Phi) is 6.11. The van der Waals surface area contributed by atoms with Crippen molar-refractivity contribution < 1.29 is 9.59 Å². The van der Waals surface area contributed by atoms with Crippen molar-refractivity contribution in [2.24, 2.45) is 0 Å². The predicted octanol–water partition coefficient (Wildman–Crippen LogP) is 4.22. The van der Waals surface area contributed by atoms with Crippen molar-refractivity contribution in [2.45, 2.75) is 25.3 Å². The first-order chi connectivity index (χ1) is 16.6. The van der Waals surface area contributed by atoms with Gasteiger partial charge in [0.05, 0.1) is 4.88 Å². The van der Waals surface area contributed by atoms with E-state index < -0.39 is 0 Å². The fourth-order valence-electron chi connectivity index (χ4n) is 4.34. The van der Waals surface area contributed by atoms with Crippen LogP contribution in [0, 0.1) is 11.3 Å². The summed E-state index contributed by atoms with van der Waals surface area (Å²) >= 11 is 1.24. The number of likely N-dealkylation sites (tertiary alicyclic amines) is 1. The number of carbonyl (C=O) groups is 2. The van der Waals surface area contributed by atoms with Crippen LogP contribution in [0.25, 0.3) is 5.65 Å². The zero-order valence-electron chi connectivity index (χ0n) is 18.5. The zero-order chi connectivity index (χ0) is 23.5. The summed E-state index contributed by atoms with van der Waals surface area (Å²) in [5, 5.41) is 11.9. The summed E-state index contributed by atoms with van der Waals surface area (Å²) in [6.07, 6.45) is 7.32. The minimum Gasteiger partial charge on any atom is -0.348 e. The van der Waals surface area contributed by atoms with E-state index in [0.717, 1.165) is 24.1 Å². The maximum Gasteiger partial charge on any atom is 0.263 e. The SMILES string of the molecule is N#Cc1ccc(C(=O)N2CCC(c3ccc(C(=O)NCc4ccn5ccnc5c4)cc3)CC2)s1. The lowest BCUT2D eigenvalue weighted by Gasteiger charge is -2.32. The van der Waals surface area contributed by atoms with Crippen molar-refractivity contribution in [3.05, 3.63) is 93.6 Å². The molecule has 0 radical (unpaired) electrons. The number of aromatic nitrogens is 2. The second kappa shape index (κ2) is 9.49. The number of nitriles is 1. The van der Waals surface area contributed by atoms with Crippen LogP contribution < -0.4 is 5.32 Å². The molecule has 0 atom stereocenters. The number of hydrogen-bond acceptors (Lipinski definition) is 5. The molecule has 0 saturated carbocycles. The van der Waals surface area contributed by atoms with Crippen molar-refractivity contribution in [1.82, 2.24) is 19.6 Å². The molecule has 1 saturated heterocycles. The Balaban J connectivity index is 1.14. The Morgan fingerprint density at radius 2 is 1.88 bits per heavy atom. The lowest BCUT2D eigenvalue weighted by molar-refractivity contribution is 0.0717. The third kappa shape index (κ3) is 4.56. The molecule has 1 fully saturated rings. The molecule has 0 spiro atoms. The molecule has 0 unspecified atom stereocenters. The normalized spacial score (nSPS) is 14.1. The highest BCUT2D eigenvalue weighted by molar-refractivity contribution is 7.14. The highest BCUT2D eigenvalue weighted by atomic mass is 32.1. The standard InChI is InChI=1S/C26H23N5O2S/c27-16-22-5-6-23(34-22)26(33)31-12-8-20(9-13-31)19-1-3-21(4-2-19)25(32)29-17-18-7-11-30-14-10-28-24(30)15-18/h1-7,10-11,14-15,20H,8-9,12-13,17H2,(H,29,32). The lowest BCUT2D eigenvalue weighted by Crippen LogP contribution is -2.37. The maximum atomic E-state index is 12.7. The van der Waals surface area contributed by atoms with E-state index in [2.05, 4.69) is 16.4 Å². The number of nitrogens with zero attached hydrogens (tertiary/aromatic N) is 4. The minimum atomic E-state index is -0.108. The van der Waals surface area contributed by atoms with Crippen LogP contribution in [0.4, 0.5) is 0 Å². The second-order valence-electron chi connectivity index (χ2n) is 8.37. The molecule has 3 aromatic heterocycles. The van der Waals surface area contributed by atoms with Crippen LogP contribution in [0.3, 0.4) is 0 Å². The van der Waals surface area contributed by atoms with E-state index in [4.69, 9.17) is 5.26 Å². The van der Waals surface area contributed by atoms with Gasteiger partial charge in [-0.2, -0.15) is 5.26 Å². The topological polar surface area (TPSA) is 90.5 Å². The van der Waals surface area contributed by atoms with Crippen LogP contribution in [-0.2, 0) is 6.54 Å². The third-order valence-corrected chi connectivity index (χ3v) is 7.25. The summed E-state index contributed by atoms with van der Waals surface area (Å²) < 4.78 is 1.93. The van der Waals surface area contributed by atoms with Crippen LogP contribution in [0.5, 0.6) is 0 Å². The summed E-state index contributed by atoms with van der Waals surface area (Å²) in [4.78, 5) is 32.6. The molecule has 1 aliphatic heterocycles. The summed E-state index contributed by atoms with van der Waals surface area (Å²) in [5.41, 5.74) is 3.67. The van der Waals surface area contributed by atoms with Gasteiger partial charge in [-0.1, -0.05) is 12.1 Å². The average molecular weight is 470 g/mol.